The summed E-state index contributed by atoms with van der Waals surface area (Å²) in [5, 5.41) is 0. The van der Waals surface area contributed by atoms with Crippen molar-refractivity contribution in [3.63, 3.8) is 0 Å². The first-order valence-electron chi connectivity index (χ1n) is 10.1. The largest absolute Gasteiger partial charge is 0.367 e. The number of rotatable bonds is 3. The van der Waals surface area contributed by atoms with Gasteiger partial charge in [0.25, 0.3) is 0 Å². The van der Waals surface area contributed by atoms with E-state index in [9.17, 15) is 9.18 Å². The molecular weight excluding hydrogens is 397 g/mol. The van der Waals surface area contributed by atoms with Crippen LogP contribution in [0.1, 0.15) is 0 Å². The van der Waals surface area contributed by atoms with Crippen molar-refractivity contribution >= 4 is 34.7 Å². The Morgan fingerprint density at radius 1 is 0.767 bits per heavy atom. The summed E-state index contributed by atoms with van der Waals surface area (Å²) >= 11 is 1.70. The smallest absolute Gasteiger partial charge is 0.245 e. The number of benzene rings is 3. The lowest BCUT2D eigenvalue weighted by Gasteiger charge is -2.37. The third-order valence-corrected chi connectivity index (χ3v) is 6.74. The lowest BCUT2D eigenvalue weighted by Crippen LogP contribution is -2.50. The van der Waals surface area contributed by atoms with Crippen LogP contribution in [0.4, 0.5) is 21.5 Å². The second-order valence-corrected chi connectivity index (χ2v) is 8.57. The van der Waals surface area contributed by atoms with Gasteiger partial charge < -0.3 is 4.90 Å². The van der Waals surface area contributed by atoms with Crippen LogP contribution in [-0.4, -0.2) is 43.5 Å². The Morgan fingerprint density at radius 3 is 1.90 bits per heavy atom. The molecular formula is C24H22FN3OS. The molecule has 3 aromatic rings. The minimum absolute atomic E-state index is 0.0644. The summed E-state index contributed by atoms with van der Waals surface area (Å²) < 4.78 is 14.1. The van der Waals surface area contributed by atoms with E-state index >= 15 is 0 Å². The number of fused-ring (bicyclic) bond motifs is 2. The van der Waals surface area contributed by atoms with Gasteiger partial charge in [-0.05, 0) is 36.4 Å². The predicted molar refractivity (Wildman–Crippen MR) is 119 cm³/mol. The molecule has 1 fully saturated rings. The van der Waals surface area contributed by atoms with Gasteiger partial charge in [0.15, 0.2) is 0 Å². The molecule has 5 rings (SSSR count). The van der Waals surface area contributed by atoms with Gasteiger partial charge in [0, 0.05) is 36.0 Å². The van der Waals surface area contributed by atoms with Gasteiger partial charge in [0.05, 0.1) is 23.6 Å². The van der Waals surface area contributed by atoms with Gasteiger partial charge in [0.1, 0.15) is 5.82 Å². The average molecular weight is 420 g/mol. The fourth-order valence-corrected chi connectivity index (χ4v) is 5.15. The molecule has 152 valence electrons. The highest BCUT2D eigenvalue weighted by Gasteiger charge is 2.29. The van der Waals surface area contributed by atoms with E-state index in [0.717, 1.165) is 34.3 Å². The molecule has 3 aromatic carbocycles. The van der Waals surface area contributed by atoms with Crippen molar-refractivity contribution in [2.45, 2.75) is 9.79 Å². The number of anilines is 3. The zero-order valence-electron chi connectivity index (χ0n) is 16.5. The highest BCUT2D eigenvalue weighted by molar-refractivity contribution is 7.99. The van der Waals surface area contributed by atoms with Crippen LogP contribution in [0.25, 0.3) is 0 Å². The molecule has 0 saturated carbocycles. The molecule has 2 aliphatic rings. The van der Waals surface area contributed by atoms with Gasteiger partial charge >= 0.3 is 0 Å². The van der Waals surface area contributed by atoms with Crippen molar-refractivity contribution in [1.82, 2.24) is 4.90 Å². The van der Waals surface area contributed by atoms with Crippen LogP contribution < -0.4 is 9.80 Å². The molecule has 0 spiro atoms. The molecule has 0 bridgehead atoms. The number of hydrogen-bond acceptors (Lipinski definition) is 4. The quantitative estimate of drug-likeness (QED) is 0.611. The molecule has 0 radical (unpaired) electrons. The molecule has 2 heterocycles. The Kier molecular flexibility index (Phi) is 5.19. The number of hydrogen-bond donors (Lipinski definition) is 0. The molecule has 1 saturated heterocycles. The zero-order chi connectivity index (χ0) is 20.5. The second-order valence-electron chi connectivity index (χ2n) is 7.48. The maximum Gasteiger partial charge on any atom is 0.245 e. The lowest BCUT2D eigenvalue weighted by molar-refractivity contribution is -0.119. The van der Waals surface area contributed by atoms with Crippen molar-refractivity contribution in [2.75, 3.05) is 42.5 Å². The van der Waals surface area contributed by atoms with Crippen molar-refractivity contribution < 1.29 is 9.18 Å². The Morgan fingerprint density at radius 2 is 1.30 bits per heavy atom. The first-order chi connectivity index (χ1) is 14.7. The summed E-state index contributed by atoms with van der Waals surface area (Å²) in [6, 6.07) is 23.0. The number of para-hydroxylation sites is 3. The lowest BCUT2D eigenvalue weighted by atomic mass is 10.2. The molecule has 6 heteroatoms. The highest BCUT2D eigenvalue weighted by atomic mass is 32.2. The predicted octanol–water partition coefficient (Wildman–Crippen LogP) is 4.78. The fourth-order valence-electron chi connectivity index (χ4n) is 4.09. The Hall–Kier alpha value is -2.83. The van der Waals surface area contributed by atoms with Gasteiger partial charge in [-0.1, -0.05) is 48.2 Å². The number of carbonyl (C=O) groups is 1. The van der Waals surface area contributed by atoms with Crippen LogP contribution >= 0.6 is 11.8 Å². The molecule has 0 aromatic heterocycles. The first kappa shape index (κ1) is 19.2. The first-order valence-corrected chi connectivity index (χ1v) is 10.9. The van der Waals surface area contributed by atoms with E-state index in [-0.39, 0.29) is 11.7 Å². The van der Waals surface area contributed by atoms with Crippen LogP contribution in [-0.2, 0) is 4.79 Å². The van der Waals surface area contributed by atoms with Crippen molar-refractivity contribution in [3.8, 4) is 0 Å². The molecule has 0 atom stereocenters. The summed E-state index contributed by atoms with van der Waals surface area (Å²) in [5.74, 6) is -0.129. The second kappa shape index (κ2) is 8.13. The summed E-state index contributed by atoms with van der Waals surface area (Å²) in [7, 11) is 0. The SMILES string of the molecule is O=C(CN1CCN(c2ccccc2F)CC1)N1c2ccccc2Sc2ccccc21. The average Bonchev–Trinajstić information content (AvgIpc) is 2.78. The van der Waals surface area contributed by atoms with Crippen molar-refractivity contribution in [2.24, 2.45) is 0 Å². The molecule has 2 aliphatic heterocycles. The van der Waals surface area contributed by atoms with Crippen LogP contribution in [0, 0.1) is 5.82 Å². The Labute approximate surface area is 179 Å². The maximum atomic E-state index is 14.1. The number of amides is 1. The van der Waals surface area contributed by atoms with E-state index in [4.69, 9.17) is 0 Å². The summed E-state index contributed by atoms with van der Waals surface area (Å²) in [6.45, 7) is 3.21. The number of halogens is 1. The van der Waals surface area contributed by atoms with Gasteiger partial charge in [-0.25, -0.2) is 4.39 Å². The van der Waals surface area contributed by atoms with Crippen LogP contribution in [0.3, 0.4) is 0 Å². The van der Waals surface area contributed by atoms with Crippen LogP contribution in [0.2, 0.25) is 0 Å². The van der Waals surface area contributed by atoms with Gasteiger partial charge in [0.2, 0.25) is 5.91 Å². The maximum absolute atomic E-state index is 14.1. The highest BCUT2D eigenvalue weighted by Crippen LogP contribution is 2.47. The van der Waals surface area contributed by atoms with Gasteiger partial charge in [-0.3, -0.25) is 14.6 Å². The van der Waals surface area contributed by atoms with Crippen LogP contribution in [0.15, 0.2) is 82.6 Å². The number of carbonyl (C=O) groups excluding carboxylic acids is 1. The molecule has 0 N–H and O–H groups in total. The fraction of sp³-hybridized carbons (Fsp3) is 0.208. The topological polar surface area (TPSA) is 26.8 Å². The summed E-state index contributed by atoms with van der Waals surface area (Å²) in [4.78, 5) is 21.6. The summed E-state index contributed by atoms with van der Waals surface area (Å²) in [6.07, 6.45) is 0. The molecule has 0 unspecified atom stereocenters. The number of piperazine rings is 1. The minimum Gasteiger partial charge on any atom is -0.367 e. The van der Waals surface area contributed by atoms with E-state index in [2.05, 4.69) is 21.9 Å². The third kappa shape index (κ3) is 3.57. The van der Waals surface area contributed by atoms with E-state index in [1.165, 1.54) is 6.07 Å². The zero-order valence-corrected chi connectivity index (χ0v) is 17.3. The van der Waals surface area contributed by atoms with E-state index in [1.807, 2.05) is 53.4 Å². The minimum atomic E-state index is -0.193. The van der Waals surface area contributed by atoms with Crippen molar-refractivity contribution in [1.29, 1.82) is 0 Å². The monoisotopic (exact) mass is 419 g/mol. The molecule has 30 heavy (non-hydrogen) atoms. The van der Waals surface area contributed by atoms with Crippen molar-refractivity contribution in [3.05, 3.63) is 78.6 Å². The Bertz CT molecular complexity index is 1040. The third-order valence-electron chi connectivity index (χ3n) is 5.61. The van der Waals surface area contributed by atoms with E-state index in [1.54, 1.807) is 17.8 Å². The normalized spacial score (nSPS) is 16.2. The summed E-state index contributed by atoms with van der Waals surface area (Å²) in [5.41, 5.74) is 2.52. The molecule has 0 aliphatic carbocycles. The standard InChI is InChI=1S/C24H22FN3OS/c25-18-7-1-2-8-19(18)27-15-13-26(14-16-27)17-24(29)28-20-9-3-5-11-22(20)30-23-12-6-4-10-21(23)28/h1-12H,13-17H2. The van der Waals surface area contributed by atoms with Gasteiger partial charge in [-0.2, -0.15) is 0 Å². The number of nitrogens with zero attached hydrogens (tertiary/aromatic N) is 3. The Balaban J connectivity index is 1.32. The van der Waals surface area contributed by atoms with Crippen LogP contribution in [0.5, 0.6) is 0 Å². The molecule has 1 amide bonds. The molecule has 4 nitrogen and oxygen atoms in total. The van der Waals surface area contributed by atoms with E-state index < -0.39 is 0 Å². The van der Waals surface area contributed by atoms with Gasteiger partial charge in [-0.15, -0.1) is 0 Å². The van der Waals surface area contributed by atoms with E-state index in [0.29, 0.717) is 25.3 Å².